The number of sulfone groups is 1. The van der Waals surface area contributed by atoms with Crippen molar-refractivity contribution >= 4 is 27.5 Å². The molecule has 156 valence electrons. The predicted molar refractivity (Wildman–Crippen MR) is 108 cm³/mol. The summed E-state index contributed by atoms with van der Waals surface area (Å²) >= 11 is 0. The second-order valence-corrected chi connectivity index (χ2v) is 9.86. The minimum Gasteiger partial charge on any atom is -0.465 e. The maximum absolute atomic E-state index is 12.5. The number of unbranched alkanes of at least 4 members (excludes halogenated alkanes) is 1. The van der Waals surface area contributed by atoms with E-state index in [1.165, 1.54) is 24.0 Å². The van der Waals surface area contributed by atoms with Gasteiger partial charge in [-0.25, -0.2) is 13.2 Å². The van der Waals surface area contributed by atoms with Gasteiger partial charge in [0.15, 0.2) is 9.84 Å². The van der Waals surface area contributed by atoms with Gasteiger partial charge in [-0.2, -0.15) is 0 Å². The van der Waals surface area contributed by atoms with Crippen molar-refractivity contribution in [1.82, 2.24) is 4.90 Å². The molecule has 0 aromatic heterocycles. The van der Waals surface area contributed by atoms with Crippen LogP contribution in [-0.2, 0) is 14.6 Å². The predicted octanol–water partition coefficient (Wildman–Crippen LogP) is 3.53. The molecule has 0 aliphatic carbocycles. The first-order valence-electron chi connectivity index (χ1n) is 9.60. The molecule has 0 bridgehead atoms. The van der Waals surface area contributed by atoms with Gasteiger partial charge in [-0.3, -0.25) is 4.79 Å². The van der Waals surface area contributed by atoms with Crippen LogP contribution in [0.15, 0.2) is 29.2 Å². The molecule has 1 aliphatic heterocycles. The summed E-state index contributed by atoms with van der Waals surface area (Å²) in [5.74, 6) is -0.146. The Labute approximate surface area is 167 Å². The van der Waals surface area contributed by atoms with Crippen LogP contribution in [0.2, 0.25) is 0 Å². The van der Waals surface area contributed by atoms with Crippen molar-refractivity contribution in [1.29, 1.82) is 0 Å². The summed E-state index contributed by atoms with van der Waals surface area (Å²) in [6, 6.07) is 6.16. The Hall–Kier alpha value is -2.09. The lowest BCUT2D eigenvalue weighted by Gasteiger charge is -2.49. The summed E-state index contributed by atoms with van der Waals surface area (Å²) in [6.45, 7) is 5.90. The number of amides is 2. The fraction of sp³-hybridized carbons (Fsp3) is 0.600. The number of likely N-dealkylation sites (tertiary alicyclic amines) is 1. The SMILES string of the molecule is CCCCC1CC(C)(N(C(C)=O)c2ccc(S(C)(=O)=O)cc2)CCN1C(=O)O. The number of carbonyl (C=O) groups excluding carboxylic acids is 1. The van der Waals surface area contributed by atoms with Crippen molar-refractivity contribution in [2.24, 2.45) is 0 Å². The Morgan fingerprint density at radius 1 is 1.29 bits per heavy atom. The van der Waals surface area contributed by atoms with Crippen LogP contribution in [0.3, 0.4) is 0 Å². The van der Waals surface area contributed by atoms with E-state index in [-0.39, 0.29) is 16.8 Å². The number of rotatable bonds is 6. The summed E-state index contributed by atoms with van der Waals surface area (Å²) in [4.78, 5) is 27.6. The highest BCUT2D eigenvalue weighted by molar-refractivity contribution is 7.90. The van der Waals surface area contributed by atoms with E-state index in [0.29, 0.717) is 25.1 Å². The van der Waals surface area contributed by atoms with E-state index in [1.54, 1.807) is 17.0 Å². The number of carbonyl (C=O) groups is 2. The van der Waals surface area contributed by atoms with Crippen LogP contribution in [0.1, 0.15) is 52.9 Å². The number of carboxylic acid groups (broad SMARTS) is 1. The third-order valence-corrected chi connectivity index (χ3v) is 6.65. The molecule has 0 radical (unpaired) electrons. The Morgan fingerprint density at radius 2 is 1.89 bits per heavy atom. The summed E-state index contributed by atoms with van der Waals surface area (Å²) < 4.78 is 23.4. The average Bonchev–Trinajstić information content (AvgIpc) is 2.59. The first-order chi connectivity index (χ1) is 13.0. The first kappa shape index (κ1) is 22.2. The molecule has 2 amide bonds. The standard InChI is InChI=1S/C20H30N2O5S/c1-5-6-7-17-14-20(3,12-13-21(17)19(24)25)22(15(2)23)16-8-10-18(11-9-16)28(4,26)27/h8-11,17H,5-7,12-14H2,1-4H3,(H,24,25). The third-order valence-electron chi connectivity index (χ3n) is 5.52. The number of hydrogen-bond acceptors (Lipinski definition) is 4. The van der Waals surface area contributed by atoms with Gasteiger partial charge in [0, 0.05) is 37.0 Å². The molecule has 8 heteroatoms. The molecule has 7 nitrogen and oxygen atoms in total. The summed E-state index contributed by atoms with van der Waals surface area (Å²) in [5.41, 5.74) is 0.0865. The second kappa shape index (κ2) is 8.51. The van der Waals surface area contributed by atoms with Crippen molar-refractivity contribution in [3.8, 4) is 0 Å². The topological polar surface area (TPSA) is 95.0 Å². The number of nitrogens with zero attached hydrogens (tertiary/aromatic N) is 2. The maximum Gasteiger partial charge on any atom is 0.407 e. The highest BCUT2D eigenvalue weighted by atomic mass is 32.2. The third kappa shape index (κ3) is 4.84. The minimum absolute atomic E-state index is 0.145. The number of anilines is 1. The van der Waals surface area contributed by atoms with Gasteiger partial charge in [-0.15, -0.1) is 0 Å². The molecule has 28 heavy (non-hydrogen) atoms. The molecular weight excluding hydrogens is 380 g/mol. The Morgan fingerprint density at radius 3 is 2.36 bits per heavy atom. The molecule has 0 saturated carbocycles. The molecule has 2 unspecified atom stereocenters. The summed E-state index contributed by atoms with van der Waals surface area (Å²) in [6.07, 6.45) is 3.96. The van der Waals surface area contributed by atoms with E-state index in [4.69, 9.17) is 0 Å². The molecule has 1 aromatic rings. The van der Waals surface area contributed by atoms with Gasteiger partial charge < -0.3 is 14.9 Å². The van der Waals surface area contributed by atoms with E-state index in [1.807, 2.05) is 6.92 Å². The van der Waals surface area contributed by atoms with Gasteiger partial charge in [-0.05, 0) is 50.5 Å². The minimum atomic E-state index is -3.32. The lowest BCUT2D eigenvalue weighted by Crippen LogP contribution is -2.59. The van der Waals surface area contributed by atoms with Gasteiger partial charge in [0.1, 0.15) is 0 Å². The van der Waals surface area contributed by atoms with Crippen LogP contribution in [-0.4, -0.2) is 54.8 Å². The molecular formula is C20H30N2O5S. The molecule has 1 heterocycles. The zero-order valence-electron chi connectivity index (χ0n) is 17.0. The van der Waals surface area contributed by atoms with E-state index in [9.17, 15) is 23.1 Å². The molecule has 1 N–H and O–H groups in total. The van der Waals surface area contributed by atoms with E-state index >= 15 is 0 Å². The zero-order chi connectivity index (χ0) is 21.1. The van der Waals surface area contributed by atoms with Crippen LogP contribution in [0.4, 0.5) is 10.5 Å². The highest BCUT2D eigenvalue weighted by Gasteiger charge is 2.43. The number of benzene rings is 1. The number of hydrogen-bond donors (Lipinski definition) is 1. The maximum atomic E-state index is 12.5. The molecule has 1 fully saturated rings. The van der Waals surface area contributed by atoms with Crippen molar-refractivity contribution in [2.75, 3.05) is 17.7 Å². The van der Waals surface area contributed by atoms with Crippen LogP contribution in [0.25, 0.3) is 0 Å². The quantitative estimate of drug-likeness (QED) is 0.774. The summed E-state index contributed by atoms with van der Waals surface area (Å²) in [7, 11) is -3.32. The fourth-order valence-corrected chi connectivity index (χ4v) is 4.76. The number of piperidine rings is 1. The smallest absolute Gasteiger partial charge is 0.407 e. The largest absolute Gasteiger partial charge is 0.465 e. The Balaban J connectivity index is 2.36. The monoisotopic (exact) mass is 410 g/mol. The van der Waals surface area contributed by atoms with E-state index in [2.05, 4.69) is 6.92 Å². The van der Waals surface area contributed by atoms with Gasteiger partial charge in [0.2, 0.25) is 5.91 Å². The summed E-state index contributed by atoms with van der Waals surface area (Å²) in [5, 5.41) is 9.54. The van der Waals surface area contributed by atoms with Crippen molar-refractivity contribution < 1.29 is 23.1 Å². The molecule has 1 aromatic carbocycles. The van der Waals surface area contributed by atoms with Gasteiger partial charge in [0.05, 0.1) is 4.90 Å². The lowest BCUT2D eigenvalue weighted by molar-refractivity contribution is -0.118. The normalized spacial score (nSPS) is 22.7. The van der Waals surface area contributed by atoms with Crippen LogP contribution in [0.5, 0.6) is 0 Å². The fourth-order valence-electron chi connectivity index (χ4n) is 4.13. The Bertz CT molecular complexity index is 822. The van der Waals surface area contributed by atoms with Gasteiger partial charge >= 0.3 is 6.09 Å². The van der Waals surface area contributed by atoms with Crippen LogP contribution >= 0.6 is 0 Å². The van der Waals surface area contributed by atoms with Crippen molar-refractivity contribution in [3.05, 3.63) is 24.3 Å². The molecule has 0 spiro atoms. The van der Waals surface area contributed by atoms with Crippen LogP contribution in [0, 0.1) is 0 Å². The lowest BCUT2D eigenvalue weighted by atomic mass is 9.81. The molecule has 2 atom stereocenters. The van der Waals surface area contributed by atoms with Crippen molar-refractivity contribution in [2.45, 2.75) is 69.4 Å². The average molecular weight is 411 g/mol. The molecule has 1 saturated heterocycles. The second-order valence-electron chi connectivity index (χ2n) is 7.84. The molecule has 2 rings (SSSR count). The van der Waals surface area contributed by atoms with Crippen molar-refractivity contribution in [3.63, 3.8) is 0 Å². The van der Waals surface area contributed by atoms with E-state index < -0.39 is 21.5 Å². The zero-order valence-corrected chi connectivity index (χ0v) is 17.8. The molecule has 1 aliphatic rings. The van der Waals surface area contributed by atoms with Gasteiger partial charge in [0.25, 0.3) is 0 Å². The first-order valence-corrected chi connectivity index (χ1v) is 11.5. The Kier molecular flexibility index (Phi) is 6.75. The highest BCUT2D eigenvalue weighted by Crippen LogP contribution is 2.37. The van der Waals surface area contributed by atoms with Crippen LogP contribution < -0.4 is 4.90 Å². The van der Waals surface area contributed by atoms with Gasteiger partial charge in [-0.1, -0.05) is 19.8 Å². The van der Waals surface area contributed by atoms with E-state index in [0.717, 1.165) is 25.5 Å².